The molecule has 10 heteroatoms. The lowest BCUT2D eigenvalue weighted by Gasteiger charge is -2.24. The number of allylic oxidation sites excluding steroid dienone is 30. The maximum Gasteiger partial charge on any atom is 0.472 e. The molecule has 1 N–H and O–H groups in total. The molecule has 0 radical (unpaired) electrons. The molecular formula is C76H123NO8P+. The van der Waals surface area contributed by atoms with Crippen LogP contribution in [0.5, 0.6) is 0 Å². The molecule has 0 saturated heterocycles. The Morgan fingerprint density at radius 2 is 0.628 bits per heavy atom. The number of nitrogens with zero attached hydrogens (tertiary/aromatic N) is 1. The number of hydrogen-bond acceptors (Lipinski definition) is 7. The predicted molar refractivity (Wildman–Crippen MR) is 371 cm³/mol. The van der Waals surface area contributed by atoms with Crippen molar-refractivity contribution in [3.05, 3.63) is 182 Å². The summed E-state index contributed by atoms with van der Waals surface area (Å²) in [7, 11) is 1.43. The monoisotopic (exact) mass is 1210 g/mol. The molecule has 2 unspecified atom stereocenters. The minimum absolute atomic E-state index is 0.0155. The molecule has 484 valence electrons. The number of ether oxygens (including phenoxy) is 2. The maximum atomic E-state index is 12.9. The van der Waals surface area contributed by atoms with Crippen molar-refractivity contribution in [2.45, 2.75) is 238 Å². The Hall–Kier alpha value is -4.89. The standard InChI is InChI=1S/C76H122NO8P/c1-6-8-10-12-14-16-18-20-22-24-26-28-30-32-34-35-36-37-38-39-40-41-43-45-47-49-51-53-55-57-59-61-63-65-67-69-76(79)85-74(73-84-86(80,81)83-71-70-77(3,4)5)72-82-75(78)68-66-64-62-60-58-56-54-52-50-48-46-44-42-33-31-29-27-25-23-21-19-17-15-13-11-9-7-2/h8-11,14-17,20-23,26-29,32-34,36-37,39-40,42-43,45,49,51,55,57,74H,6-7,12-13,18-19,24-25,30-31,35,38,41,44,46-48,50,52-54,56,58-73H2,1-5H3/p+1/b10-8-,11-9-,16-14-,17-15-,22-20-,23-21-,28-26-,29-27-,34-32-,37-36-,40-39-,42-33-,45-43-,51-49-,57-55-. The van der Waals surface area contributed by atoms with Crippen molar-refractivity contribution in [1.29, 1.82) is 0 Å². The first-order valence-electron chi connectivity index (χ1n) is 33.5. The van der Waals surface area contributed by atoms with Crippen LogP contribution in [0.1, 0.15) is 232 Å². The smallest absolute Gasteiger partial charge is 0.462 e. The average molecular weight is 1210 g/mol. The summed E-state index contributed by atoms with van der Waals surface area (Å²) in [6, 6.07) is 0. The highest BCUT2D eigenvalue weighted by Crippen LogP contribution is 2.43. The van der Waals surface area contributed by atoms with Crippen molar-refractivity contribution >= 4 is 19.8 Å². The van der Waals surface area contributed by atoms with E-state index < -0.39 is 26.5 Å². The normalized spacial score (nSPS) is 14.3. The number of phosphoric ester groups is 1. The third-order valence-corrected chi connectivity index (χ3v) is 14.4. The van der Waals surface area contributed by atoms with E-state index in [2.05, 4.69) is 196 Å². The lowest BCUT2D eigenvalue weighted by atomic mass is 10.0. The lowest BCUT2D eigenvalue weighted by molar-refractivity contribution is -0.870. The SMILES string of the molecule is CC/C=C\C/C=C\C/C=C\C/C=C\C/C=C\C/C=C\C/C=C\C/C=C\C/C=C\C/C=C\CCCCCCC(=O)OC(COC(=O)CCCCCCCCCCCCC/C=C\C/C=C\C/C=C\C/C=C\C/C=C\CC)COP(=O)(O)OCC[N+](C)(C)C. The number of unbranched alkanes of at least 4 members (excludes halogenated alkanes) is 15. The Balaban J connectivity index is 4.22. The summed E-state index contributed by atoms with van der Waals surface area (Å²) in [5.74, 6) is -0.843. The van der Waals surface area contributed by atoms with Gasteiger partial charge in [-0.25, -0.2) is 4.57 Å². The summed E-state index contributed by atoms with van der Waals surface area (Å²) in [4.78, 5) is 35.8. The molecule has 0 aliphatic heterocycles. The van der Waals surface area contributed by atoms with Crippen LogP contribution in [0.25, 0.3) is 0 Å². The topological polar surface area (TPSA) is 108 Å². The zero-order valence-corrected chi connectivity index (χ0v) is 55.9. The fraction of sp³-hybridized carbons (Fsp3) is 0.579. The molecule has 9 nitrogen and oxygen atoms in total. The van der Waals surface area contributed by atoms with Crippen LogP contribution in [-0.4, -0.2) is 74.9 Å². The number of likely N-dealkylation sites (N-methyl/N-ethyl adjacent to an activating group) is 1. The molecule has 0 fully saturated rings. The summed E-state index contributed by atoms with van der Waals surface area (Å²) in [5.41, 5.74) is 0. The highest BCUT2D eigenvalue weighted by Gasteiger charge is 2.27. The summed E-state index contributed by atoms with van der Waals surface area (Å²) >= 11 is 0. The molecule has 0 spiro atoms. The molecule has 0 rings (SSSR count). The van der Waals surface area contributed by atoms with Crippen LogP contribution in [0.15, 0.2) is 182 Å². The zero-order chi connectivity index (χ0) is 62.6. The van der Waals surface area contributed by atoms with E-state index in [9.17, 15) is 19.0 Å². The van der Waals surface area contributed by atoms with Crippen LogP contribution in [0.2, 0.25) is 0 Å². The fourth-order valence-corrected chi connectivity index (χ4v) is 9.11. The number of carbonyl (C=O) groups excluding carboxylic acids is 2. The van der Waals surface area contributed by atoms with E-state index in [0.29, 0.717) is 17.4 Å². The molecule has 0 amide bonds. The average Bonchev–Trinajstić information content (AvgIpc) is 3.56. The van der Waals surface area contributed by atoms with Gasteiger partial charge < -0.3 is 18.9 Å². The second-order valence-corrected chi connectivity index (χ2v) is 24.2. The lowest BCUT2D eigenvalue weighted by Crippen LogP contribution is -2.37. The van der Waals surface area contributed by atoms with E-state index in [-0.39, 0.29) is 32.0 Å². The van der Waals surface area contributed by atoms with E-state index in [1.54, 1.807) is 0 Å². The Bertz CT molecular complexity index is 2100. The van der Waals surface area contributed by atoms with Crippen LogP contribution >= 0.6 is 7.82 Å². The minimum Gasteiger partial charge on any atom is -0.462 e. The van der Waals surface area contributed by atoms with E-state index in [1.165, 1.54) is 44.9 Å². The van der Waals surface area contributed by atoms with Crippen molar-refractivity contribution in [3.63, 3.8) is 0 Å². The third kappa shape index (κ3) is 68.2. The van der Waals surface area contributed by atoms with Gasteiger partial charge in [-0.2, -0.15) is 0 Å². The first kappa shape index (κ1) is 81.1. The molecule has 0 heterocycles. The van der Waals surface area contributed by atoms with Gasteiger partial charge >= 0.3 is 19.8 Å². The van der Waals surface area contributed by atoms with Gasteiger partial charge in [0.05, 0.1) is 27.7 Å². The number of esters is 2. The molecule has 0 saturated carbocycles. The van der Waals surface area contributed by atoms with Crippen LogP contribution in [0.4, 0.5) is 0 Å². The van der Waals surface area contributed by atoms with Crippen LogP contribution in [-0.2, 0) is 32.7 Å². The van der Waals surface area contributed by atoms with Crippen LogP contribution in [0, 0.1) is 0 Å². The van der Waals surface area contributed by atoms with Gasteiger partial charge in [-0.1, -0.05) is 267 Å². The van der Waals surface area contributed by atoms with Crippen molar-refractivity contribution in [2.75, 3.05) is 47.5 Å². The molecule has 0 aromatic carbocycles. The fourth-order valence-electron chi connectivity index (χ4n) is 8.36. The largest absolute Gasteiger partial charge is 0.472 e. The van der Waals surface area contributed by atoms with Gasteiger partial charge in [0.2, 0.25) is 0 Å². The third-order valence-electron chi connectivity index (χ3n) is 13.4. The Labute approximate surface area is 527 Å². The number of rotatable bonds is 59. The van der Waals surface area contributed by atoms with Crippen LogP contribution < -0.4 is 0 Å². The zero-order valence-electron chi connectivity index (χ0n) is 55.0. The molecule has 0 aliphatic rings. The quantitative estimate of drug-likeness (QED) is 0.0211. The van der Waals surface area contributed by atoms with E-state index in [4.69, 9.17) is 18.5 Å². The Morgan fingerprint density at radius 1 is 0.360 bits per heavy atom. The highest BCUT2D eigenvalue weighted by molar-refractivity contribution is 7.47. The predicted octanol–water partition coefficient (Wildman–Crippen LogP) is 21.9. The molecule has 0 aliphatic carbocycles. The molecule has 0 aromatic heterocycles. The molecule has 0 bridgehead atoms. The van der Waals surface area contributed by atoms with Gasteiger partial charge in [0, 0.05) is 12.8 Å². The molecule has 0 aromatic rings. The van der Waals surface area contributed by atoms with Gasteiger partial charge in [0.15, 0.2) is 6.10 Å². The van der Waals surface area contributed by atoms with Crippen LogP contribution in [0.3, 0.4) is 0 Å². The van der Waals surface area contributed by atoms with Gasteiger partial charge in [-0.3, -0.25) is 18.6 Å². The number of carbonyl (C=O) groups is 2. The summed E-state index contributed by atoms with van der Waals surface area (Å²) in [6.07, 6.45) is 99.8. The minimum atomic E-state index is -4.41. The summed E-state index contributed by atoms with van der Waals surface area (Å²) < 4.78 is 34.6. The number of hydrogen-bond donors (Lipinski definition) is 1. The van der Waals surface area contributed by atoms with Crippen molar-refractivity contribution in [2.24, 2.45) is 0 Å². The Morgan fingerprint density at radius 3 is 0.930 bits per heavy atom. The van der Waals surface area contributed by atoms with Gasteiger partial charge in [0.25, 0.3) is 0 Å². The van der Waals surface area contributed by atoms with E-state index in [1.807, 2.05) is 21.1 Å². The second kappa shape index (κ2) is 64.6. The van der Waals surface area contributed by atoms with Crippen molar-refractivity contribution in [3.8, 4) is 0 Å². The number of phosphoric acid groups is 1. The first-order valence-corrected chi connectivity index (χ1v) is 35.0. The maximum absolute atomic E-state index is 12.9. The van der Waals surface area contributed by atoms with Gasteiger partial charge in [-0.15, -0.1) is 0 Å². The van der Waals surface area contributed by atoms with Crippen molar-refractivity contribution < 1.29 is 42.1 Å². The molecule has 2 atom stereocenters. The highest BCUT2D eigenvalue weighted by atomic mass is 31.2. The van der Waals surface area contributed by atoms with Crippen molar-refractivity contribution in [1.82, 2.24) is 0 Å². The molecule has 86 heavy (non-hydrogen) atoms. The Kier molecular flexibility index (Phi) is 60.9. The first-order chi connectivity index (χ1) is 42.0. The van der Waals surface area contributed by atoms with Gasteiger partial charge in [0.1, 0.15) is 19.8 Å². The van der Waals surface area contributed by atoms with E-state index >= 15 is 0 Å². The van der Waals surface area contributed by atoms with E-state index in [0.717, 1.165) is 154 Å². The summed E-state index contributed by atoms with van der Waals surface area (Å²) in [6.45, 7) is 4.15. The summed E-state index contributed by atoms with van der Waals surface area (Å²) in [5, 5.41) is 0. The second-order valence-electron chi connectivity index (χ2n) is 22.7. The number of quaternary nitrogens is 1. The van der Waals surface area contributed by atoms with Gasteiger partial charge in [-0.05, 0) is 135 Å². The molecular weight excluding hydrogens is 1090 g/mol.